The number of nitrogens with one attached hydrogen (secondary N) is 1. The topological polar surface area (TPSA) is 124 Å². The van der Waals surface area contributed by atoms with Crippen molar-refractivity contribution in [2.75, 3.05) is 20.3 Å². The molecule has 9 nitrogen and oxygen atoms in total. The van der Waals surface area contributed by atoms with Gasteiger partial charge in [-0.15, -0.1) is 0 Å². The predicted octanol–water partition coefficient (Wildman–Crippen LogP) is 3.04. The molecule has 2 heterocycles. The van der Waals surface area contributed by atoms with Crippen LogP contribution in [0.1, 0.15) is 58.6 Å². The van der Waals surface area contributed by atoms with Crippen molar-refractivity contribution in [3.63, 3.8) is 0 Å². The summed E-state index contributed by atoms with van der Waals surface area (Å²) in [5.41, 5.74) is -2.06. The largest absolute Gasteiger partial charge is 0.503 e. The third-order valence-electron chi connectivity index (χ3n) is 6.94. The van der Waals surface area contributed by atoms with Gasteiger partial charge in [-0.05, 0) is 45.2 Å². The number of aromatic nitrogens is 1. The van der Waals surface area contributed by atoms with Crippen LogP contribution in [0.4, 0.5) is 13.2 Å². The lowest BCUT2D eigenvalue weighted by molar-refractivity contribution is 0.0945. The molecule has 1 saturated heterocycles. The van der Waals surface area contributed by atoms with E-state index >= 15 is 0 Å². The maximum Gasteiger partial charge on any atom is 0.257 e. The molecule has 0 bridgehead atoms. The molecule has 3 N–H and O–H groups in total. The lowest BCUT2D eigenvalue weighted by atomic mass is 9.89. The second kappa shape index (κ2) is 12.0. The Morgan fingerprint density at radius 2 is 2.03 bits per heavy atom. The quantitative estimate of drug-likeness (QED) is 0.212. The predicted molar refractivity (Wildman–Crippen MR) is 129 cm³/mol. The molecule has 2 unspecified atom stereocenters. The first-order chi connectivity index (χ1) is 17.6. The highest BCUT2D eigenvalue weighted by atomic mass is 19.1. The van der Waals surface area contributed by atoms with Crippen molar-refractivity contribution >= 4 is 17.9 Å². The number of likely N-dealkylation sites (N-methyl/N-ethyl adjacent to an activating group) is 1. The summed E-state index contributed by atoms with van der Waals surface area (Å²) in [6.07, 6.45) is 2.76. The number of carbonyl (C=O) groups is 2. The van der Waals surface area contributed by atoms with E-state index in [1.54, 1.807) is 0 Å². The van der Waals surface area contributed by atoms with Gasteiger partial charge in [0.15, 0.2) is 12.0 Å². The van der Waals surface area contributed by atoms with E-state index in [1.807, 2.05) is 18.9 Å². The van der Waals surface area contributed by atoms with Crippen molar-refractivity contribution in [2.45, 2.75) is 44.8 Å². The van der Waals surface area contributed by atoms with Crippen LogP contribution in [0, 0.1) is 17.6 Å². The number of carbonyl (C=O) groups excluding carboxylic acids is 2. The van der Waals surface area contributed by atoms with Crippen molar-refractivity contribution in [1.82, 2.24) is 14.8 Å². The van der Waals surface area contributed by atoms with E-state index < -0.39 is 47.0 Å². The molecule has 1 aromatic heterocycles. The van der Waals surface area contributed by atoms with Crippen LogP contribution < -0.4 is 10.7 Å². The monoisotopic (exact) mass is 522 g/mol. The molecule has 1 amide bonds. The normalized spacial score (nSPS) is 20.9. The summed E-state index contributed by atoms with van der Waals surface area (Å²) in [5, 5.41) is 25.1. The van der Waals surface area contributed by atoms with Gasteiger partial charge in [-0.1, -0.05) is 11.2 Å². The SMILES string of the molecule is CC1CC[C@@H](C/C(CF)=N\O)C(n2cc(C(=O)NCc3ccc(F)cc3F)c(=O)c(O)c2C=O)CN1C. The van der Waals surface area contributed by atoms with Crippen molar-refractivity contribution < 1.29 is 33.1 Å². The standard InChI is InChI=1S/C25H29F3N4O5/c1-14-3-4-15(7-18(9-26)30-37)21(12-31(14)2)32-11-19(23(34)24(35)22(32)13-33)25(36)29-10-16-5-6-17(27)8-20(16)28/h5-6,8,11,13-15,21,35,37H,3-4,7,9-10,12H2,1-2H3,(H,29,36)/b30-18+/t14?,15-,21?/m0/s1. The number of rotatable bonds is 8. The minimum atomic E-state index is -1.09. The number of aromatic hydroxyl groups is 1. The van der Waals surface area contributed by atoms with Crippen LogP contribution in [-0.2, 0) is 6.54 Å². The van der Waals surface area contributed by atoms with E-state index in [1.165, 1.54) is 4.57 Å². The number of hydrogen-bond donors (Lipinski definition) is 3. The highest BCUT2D eigenvalue weighted by Gasteiger charge is 2.33. The molecule has 0 radical (unpaired) electrons. The summed E-state index contributed by atoms with van der Waals surface area (Å²) in [7, 11) is 1.85. The van der Waals surface area contributed by atoms with E-state index in [0.717, 1.165) is 18.3 Å². The molecule has 1 aliphatic heterocycles. The molecular formula is C25H29F3N4O5. The number of nitrogens with zero attached hydrogens (tertiary/aromatic N) is 3. The first-order valence-corrected chi connectivity index (χ1v) is 11.7. The zero-order valence-corrected chi connectivity index (χ0v) is 20.5. The summed E-state index contributed by atoms with van der Waals surface area (Å²) in [6.45, 7) is 0.975. The minimum absolute atomic E-state index is 0.0229. The Balaban J connectivity index is 2.03. The van der Waals surface area contributed by atoms with Crippen LogP contribution in [0.3, 0.4) is 0 Å². The van der Waals surface area contributed by atoms with Gasteiger partial charge in [0, 0.05) is 43.0 Å². The maximum absolute atomic E-state index is 14.0. The number of alkyl halides is 1. The molecule has 0 saturated carbocycles. The first kappa shape index (κ1) is 27.9. The van der Waals surface area contributed by atoms with Crippen molar-refractivity contribution in [3.8, 4) is 5.75 Å². The van der Waals surface area contributed by atoms with E-state index in [0.29, 0.717) is 31.7 Å². The third-order valence-corrected chi connectivity index (χ3v) is 6.94. The molecule has 3 atom stereocenters. The minimum Gasteiger partial charge on any atom is -0.503 e. The van der Waals surface area contributed by atoms with Crippen LogP contribution in [0.2, 0.25) is 0 Å². The molecule has 12 heteroatoms. The molecular weight excluding hydrogens is 493 g/mol. The summed E-state index contributed by atoms with van der Waals surface area (Å²) >= 11 is 0. The van der Waals surface area contributed by atoms with Gasteiger partial charge < -0.3 is 25.1 Å². The van der Waals surface area contributed by atoms with E-state index in [2.05, 4.69) is 10.5 Å². The molecule has 0 aliphatic carbocycles. The van der Waals surface area contributed by atoms with Gasteiger partial charge >= 0.3 is 0 Å². The molecule has 3 rings (SSSR count). The number of oxime groups is 1. The van der Waals surface area contributed by atoms with Crippen LogP contribution in [-0.4, -0.2) is 64.0 Å². The molecule has 0 spiro atoms. The number of halogens is 3. The lowest BCUT2D eigenvalue weighted by Crippen LogP contribution is -2.37. The summed E-state index contributed by atoms with van der Waals surface area (Å²) in [5.74, 6) is -3.91. The number of hydrogen-bond acceptors (Lipinski definition) is 7. The Morgan fingerprint density at radius 1 is 1.30 bits per heavy atom. The van der Waals surface area contributed by atoms with Gasteiger partial charge in [-0.25, -0.2) is 13.2 Å². The Kier molecular flexibility index (Phi) is 9.09. The highest BCUT2D eigenvalue weighted by Crippen LogP contribution is 2.34. The summed E-state index contributed by atoms with van der Waals surface area (Å²) < 4.78 is 41.8. The van der Waals surface area contributed by atoms with Gasteiger partial charge in [0.2, 0.25) is 5.43 Å². The second-order valence-electron chi connectivity index (χ2n) is 9.25. The number of aldehydes is 1. The highest BCUT2D eigenvalue weighted by molar-refractivity contribution is 5.95. The molecule has 200 valence electrons. The number of amides is 1. The van der Waals surface area contributed by atoms with E-state index in [4.69, 9.17) is 5.21 Å². The third kappa shape index (κ3) is 6.19. The molecule has 1 aromatic carbocycles. The Bertz CT molecular complexity index is 1250. The van der Waals surface area contributed by atoms with Gasteiger partial charge in [-0.3, -0.25) is 14.4 Å². The lowest BCUT2D eigenvalue weighted by Gasteiger charge is -2.32. The summed E-state index contributed by atoms with van der Waals surface area (Å²) in [6, 6.07) is 2.34. The van der Waals surface area contributed by atoms with Crippen LogP contribution in [0.5, 0.6) is 5.75 Å². The molecule has 1 fully saturated rings. The fraction of sp³-hybridized carbons (Fsp3) is 0.440. The van der Waals surface area contributed by atoms with Crippen molar-refractivity contribution in [1.29, 1.82) is 0 Å². The van der Waals surface area contributed by atoms with Gasteiger partial charge in [0.05, 0.1) is 5.71 Å². The van der Waals surface area contributed by atoms with E-state index in [-0.39, 0.29) is 41.9 Å². The van der Waals surface area contributed by atoms with Gasteiger partial charge in [0.1, 0.15) is 29.6 Å². The fourth-order valence-corrected chi connectivity index (χ4v) is 4.59. The van der Waals surface area contributed by atoms with Crippen LogP contribution >= 0.6 is 0 Å². The fourth-order valence-electron chi connectivity index (χ4n) is 4.59. The number of pyridine rings is 1. The second-order valence-corrected chi connectivity index (χ2v) is 9.25. The van der Waals surface area contributed by atoms with Gasteiger partial charge in [0.25, 0.3) is 5.91 Å². The first-order valence-electron chi connectivity index (χ1n) is 11.7. The Hall–Kier alpha value is -3.67. The molecule has 37 heavy (non-hydrogen) atoms. The van der Waals surface area contributed by atoms with E-state index in [9.17, 15) is 32.7 Å². The Labute approximate surface area is 211 Å². The van der Waals surface area contributed by atoms with Crippen LogP contribution in [0.25, 0.3) is 0 Å². The average molecular weight is 523 g/mol. The summed E-state index contributed by atoms with van der Waals surface area (Å²) in [4.78, 5) is 39.6. The zero-order valence-electron chi connectivity index (χ0n) is 20.5. The maximum atomic E-state index is 14.0. The number of benzene rings is 1. The molecule has 1 aliphatic rings. The van der Waals surface area contributed by atoms with Crippen LogP contribution in [0.15, 0.2) is 34.3 Å². The average Bonchev–Trinajstić information content (AvgIpc) is 3.01. The Morgan fingerprint density at radius 3 is 2.65 bits per heavy atom. The van der Waals surface area contributed by atoms with Crippen molar-refractivity contribution in [3.05, 3.63) is 63.1 Å². The number of likely N-dealkylation sites (tertiary alicyclic amines) is 1. The zero-order chi connectivity index (χ0) is 27.3. The van der Waals surface area contributed by atoms with Crippen molar-refractivity contribution in [2.24, 2.45) is 11.1 Å². The molecule has 2 aromatic rings. The smallest absolute Gasteiger partial charge is 0.257 e. The van der Waals surface area contributed by atoms with Gasteiger partial charge in [-0.2, -0.15) is 0 Å².